The van der Waals surface area contributed by atoms with Gasteiger partial charge in [0, 0.05) is 41.1 Å². The molecule has 0 N–H and O–H groups in total. The van der Waals surface area contributed by atoms with Crippen molar-refractivity contribution in [1.82, 2.24) is 9.80 Å². The highest BCUT2D eigenvalue weighted by Gasteiger charge is 2.33. The lowest BCUT2D eigenvalue weighted by molar-refractivity contribution is 0.0583. The molecule has 29 heavy (non-hydrogen) atoms. The minimum atomic E-state index is -0.296. The Morgan fingerprint density at radius 1 is 0.966 bits per heavy atom. The minimum absolute atomic E-state index is 0.0338. The lowest BCUT2D eigenvalue weighted by atomic mass is 10.0. The summed E-state index contributed by atoms with van der Waals surface area (Å²) in [6, 6.07) is 10.8. The summed E-state index contributed by atoms with van der Waals surface area (Å²) in [4.78, 5) is 28.4. The van der Waals surface area contributed by atoms with Crippen LogP contribution in [0.25, 0.3) is 0 Å². The molecule has 1 heterocycles. The van der Waals surface area contributed by atoms with E-state index in [4.69, 9.17) is 23.2 Å². The fourth-order valence-corrected chi connectivity index (χ4v) is 4.19. The highest BCUT2D eigenvalue weighted by atomic mass is 79.9. The number of aryl methyl sites for hydroxylation is 2. The van der Waals surface area contributed by atoms with Gasteiger partial charge in [-0.15, -0.1) is 0 Å². The molecule has 0 aromatic heterocycles. The van der Waals surface area contributed by atoms with Gasteiger partial charge in [0.15, 0.2) is 0 Å². The molecule has 1 aliphatic heterocycles. The summed E-state index contributed by atoms with van der Waals surface area (Å²) in [6.07, 6.45) is 0. The molecule has 0 saturated carbocycles. The number of amides is 2. The topological polar surface area (TPSA) is 40.6 Å². The van der Waals surface area contributed by atoms with E-state index in [1.807, 2.05) is 52.0 Å². The molecule has 1 fully saturated rings. The van der Waals surface area contributed by atoms with E-state index in [1.54, 1.807) is 21.9 Å². The third-order valence-electron chi connectivity index (χ3n) is 4.69. The van der Waals surface area contributed by atoms with E-state index >= 15 is 0 Å². The molecule has 156 valence electrons. The summed E-state index contributed by atoms with van der Waals surface area (Å²) in [5, 5.41) is 0.880. The maximum absolute atomic E-state index is 13.0. The molecule has 2 amide bonds. The van der Waals surface area contributed by atoms with Gasteiger partial charge in [-0.25, -0.2) is 0 Å². The van der Waals surface area contributed by atoms with Crippen molar-refractivity contribution in [3.63, 3.8) is 0 Å². The molecule has 2 aromatic carbocycles. The predicted octanol–water partition coefficient (Wildman–Crippen LogP) is 6.65. The number of piperazine rings is 1. The standard InChI is InChI=1S/C20H19BrCl2N2O2.C2H6/c1-12-7-13(2)9-15(8-12)19(26)24-5-6-25(20(21)27)18(11-24)14-3-4-16(22)17(23)10-14;1-2/h3-4,7-10,18H,5-6,11H2,1-2H3;1-2H3/t18-;/m0./s1. The maximum Gasteiger partial charge on any atom is 0.290 e. The van der Waals surface area contributed by atoms with Crippen molar-refractivity contribution in [2.45, 2.75) is 33.7 Å². The first kappa shape index (κ1) is 23.7. The first-order valence-electron chi connectivity index (χ1n) is 9.55. The van der Waals surface area contributed by atoms with Crippen LogP contribution in [0, 0.1) is 13.8 Å². The Hall–Kier alpha value is -1.56. The van der Waals surface area contributed by atoms with Gasteiger partial charge in [0.05, 0.1) is 16.1 Å². The Labute approximate surface area is 190 Å². The summed E-state index contributed by atoms with van der Waals surface area (Å²) in [6.45, 7) is 9.25. The molecule has 1 aliphatic rings. The lowest BCUT2D eigenvalue weighted by Crippen LogP contribution is -2.51. The molecule has 2 aromatic rings. The molecule has 1 atom stereocenters. The summed E-state index contributed by atoms with van der Waals surface area (Å²) in [7, 11) is 0. The fraction of sp³-hybridized carbons (Fsp3) is 0.364. The van der Waals surface area contributed by atoms with Crippen molar-refractivity contribution in [1.29, 1.82) is 0 Å². The number of nitrogens with zero attached hydrogens (tertiary/aromatic N) is 2. The second-order valence-corrected chi connectivity index (χ2v) is 8.26. The third-order valence-corrected chi connectivity index (χ3v) is 5.89. The van der Waals surface area contributed by atoms with Gasteiger partial charge in [-0.2, -0.15) is 0 Å². The number of hydrogen-bond donors (Lipinski definition) is 0. The van der Waals surface area contributed by atoms with Gasteiger partial charge in [0.25, 0.3) is 10.7 Å². The Morgan fingerprint density at radius 2 is 1.59 bits per heavy atom. The smallest absolute Gasteiger partial charge is 0.290 e. The van der Waals surface area contributed by atoms with Crippen LogP contribution >= 0.6 is 39.1 Å². The van der Waals surface area contributed by atoms with Gasteiger partial charge in [-0.05, 0) is 43.7 Å². The SMILES string of the molecule is CC.Cc1cc(C)cc(C(=O)N2CCN(C(=O)Br)[C@H](c3ccc(Cl)c(Cl)c3)C2)c1. The molecule has 0 unspecified atom stereocenters. The molecule has 0 bridgehead atoms. The van der Waals surface area contributed by atoms with Crippen molar-refractivity contribution in [3.8, 4) is 0 Å². The van der Waals surface area contributed by atoms with Crippen LogP contribution in [0.5, 0.6) is 0 Å². The van der Waals surface area contributed by atoms with Gasteiger partial charge in [0.1, 0.15) is 0 Å². The van der Waals surface area contributed by atoms with E-state index in [-0.39, 0.29) is 16.8 Å². The Balaban J connectivity index is 0.00000145. The highest BCUT2D eigenvalue weighted by Crippen LogP contribution is 2.32. The van der Waals surface area contributed by atoms with Crippen LogP contribution in [0.15, 0.2) is 36.4 Å². The van der Waals surface area contributed by atoms with E-state index in [0.717, 1.165) is 16.7 Å². The number of carbonyl (C=O) groups is 2. The Bertz CT molecular complexity index is 884. The molecular formula is C22H25BrCl2N2O2. The van der Waals surface area contributed by atoms with Crippen LogP contribution in [0.2, 0.25) is 10.0 Å². The normalized spacial score (nSPS) is 16.2. The van der Waals surface area contributed by atoms with Gasteiger partial charge < -0.3 is 9.80 Å². The van der Waals surface area contributed by atoms with E-state index in [0.29, 0.717) is 35.2 Å². The number of halogens is 3. The summed E-state index contributed by atoms with van der Waals surface area (Å²) >= 11 is 15.2. The van der Waals surface area contributed by atoms with Crippen molar-refractivity contribution in [2.75, 3.05) is 19.6 Å². The predicted molar refractivity (Wildman–Crippen MR) is 123 cm³/mol. The van der Waals surface area contributed by atoms with Crippen molar-refractivity contribution >= 4 is 49.9 Å². The quantitative estimate of drug-likeness (QED) is 0.342. The largest absolute Gasteiger partial charge is 0.334 e. The average molecular weight is 500 g/mol. The van der Waals surface area contributed by atoms with E-state index in [1.165, 1.54) is 0 Å². The first-order valence-corrected chi connectivity index (χ1v) is 11.1. The zero-order valence-electron chi connectivity index (χ0n) is 17.0. The Kier molecular flexibility index (Phi) is 8.56. The maximum atomic E-state index is 13.0. The number of benzene rings is 2. The minimum Gasteiger partial charge on any atom is -0.334 e. The molecule has 1 saturated heterocycles. The highest BCUT2D eigenvalue weighted by molar-refractivity contribution is 9.18. The zero-order chi connectivity index (χ0) is 21.7. The average Bonchev–Trinajstić information content (AvgIpc) is 2.69. The molecule has 0 spiro atoms. The summed E-state index contributed by atoms with van der Waals surface area (Å²) < 4.78 is 0. The summed E-state index contributed by atoms with van der Waals surface area (Å²) in [5.74, 6) is -0.0338. The molecule has 0 radical (unpaired) electrons. The summed E-state index contributed by atoms with van der Waals surface area (Å²) in [5.41, 5.74) is 3.61. The van der Waals surface area contributed by atoms with Crippen LogP contribution in [0.4, 0.5) is 4.79 Å². The Morgan fingerprint density at radius 3 is 2.14 bits per heavy atom. The van der Waals surface area contributed by atoms with E-state index < -0.39 is 0 Å². The van der Waals surface area contributed by atoms with Gasteiger partial charge in [-0.3, -0.25) is 9.59 Å². The number of carbonyl (C=O) groups excluding carboxylic acids is 2. The van der Waals surface area contributed by atoms with Crippen LogP contribution in [-0.4, -0.2) is 40.2 Å². The zero-order valence-corrected chi connectivity index (χ0v) is 20.1. The third kappa shape index (κ3) is 5.74. The van der Waals surface area contributed by atoms with Crippen LogP contribution in [0.1, 0.15) is 46.9 Å². The molecule has 3 rings (SSSR count). The van der Waals surface area contributed by atoms with Gasteiger partial charge in [0.2, 0.25) is 0 Å². The number of rotatable bonds is 2. The van der Waals surface area contributed by atoms with E-state index in [2.05, 4.69) is 15.9 Å². The van der Waals surface area contributed by atoms with E-state index in [9.17, 15) is 9.59 Å². The van der Waals surface area contributed by atoms with Crippen LogP contribution in [-0.2, 0) is 0 Å². The number of hydrogen-bond acceptors (Lipinski definition) is 2. The second kappa shape index (κ2) is 10.5. The lowest BCUT2D eigenvalue weighted by Gasteiger charge is -2.41. The fourth-order valence-electron chi connectivity index (χ4n) is 3.46. The van der Waals surface area contributed by atoms with Crippen LogP contribution < -0.4 is 0 Å². The van der Waals surface area contributed by atoms with Gasteiger partial charge >= 0.3 is 0 Å². The molecular weight excluding hydrogens is 475 g/mol. The van der Waals surface area contributed by atoms with Crippen molar-refractivity contribution in [2.24, 2.45) is 0 Å². The van der Waals surface area contributed by atoms with Crippen molar-refractivity contribution < 1.29 is 9.59 Å². The molecule has 7 heteroatoms. The molecule has 4 nitrogen and oxygen atoms in total. The van der Waals surface area contributed by atoms with Crippen molar-refractivity contribution in [3.05, 3.63) is 68.7 Å². The first-order chi connectivity index (χ1) is 13.8. The monoisotopic (exact) mass is 498 g/mol. The second-order valence-electron chi connectivity index (χ2n) is 6.76. The molecule has 0 aliphatic carbocycles. The van der Waals surface area contributed by atoms with Gasteiger partial charge in [-0.1, -0.05) is 60.3 Å². The van der Waals surface area contributed by atoms with Crippen LogP contribution in [0.3, 0.4) is 0 Å².